The lowest BCUT2D eigenvalue weighted by Crippen LogP contribution is -2.50. The lowest BCUT2D eigenvalue weighted by Gasteiger charge is -2.36. The molecule has 3 atom stereocenters. The van der Waals surface area contributed by atoms with E-state index in [1.165, 1.54) is 12.8 Å². The van der Waals surface area contributed by atoms with Crippen molar-refractivity contribution in [3.8, 4) is 5.75 Å². The first-order chi connectivity index (χ1) is 13.0. The zero-order valence-corrected chi connectivity index (χ0v) is 16.2. The van der Waals surface area contributed by atoms with E-state index in [9.17, 15) is 9.59 Å². The third kappa shape index (κ3) is 3.81. The molecule has 3 fully saturated rings. The first kappa shape index (κ1) is 18.3. The number of carbonyl (C=O) groups is 2. The van der Waals surface area contributed by atoms with E-state index in [4.69, 9.17) is 4.74 Å². The molecule has 6 heteroatoms. The molecule has 0 spiro atoms. The highest BCUT2D eigenvalue weighted by Crippen LogP contribution is 2.31. The highest BCUT2D eigenvalue weighted by molar-refractivity contribution is 5.89. The van der Waals surface area contributed by atoms with Crippen LogP contribution in [0.3, 0.4) is 0 Å². The second-order valence-electron chi connectivity index (χ2n) is 8.24. The van der Waals surface area contributed by atoms with Gasteiger partial charge in [-0.25, -0.2) is 0 Å². The minimum atomic E-state index is -0.215. The van der Waals surface area contributed by atoms with Crippen LogP contribution in [0, 0.1) is 5.92 Å². The van der Waals surface area contributed by atoms with Crippen molar-refractivity contribution in [1.29, 1.82) is 0 Å². The molecular weight excluding hydrogens is 342 g/mol. The van der Waals surface area contributed by atoms with Gasteiger partial charge < -0.3 is 19.9 Å². The number of rotatable bonds is 5. The van der Waals surface area contributed by atoms with Gasteiger partial charge in [0.15, 0.2) is 0 Å². The van der Waals surface area contributed by atoms with Gasteiger partial charge >= 0.3 is 0 Å². The van der Waals surface area contributed by atoms with Crippen molar-refractivity contribution < 1.29 is 14.3 Å². The molecule has 6 nitrogen and oxygen atoms in total. The Bertz CT molecular complexity index is 693. The summed E-state index contributed by atoms with van der Waals surface area (Å²) < 4.78 is 5.18. The van der Waals surface area contributed by atoms with Crippen LogP contribution >= 0.6 is 0 Å². The largest absolute Gasteiger partial charge is 0.497 e. The Morgan fingerprint density at radius 2 is 1.89 bits per heavy atom. The Morgan fingerprint density at radius 3 is 2.52 bits per heavy atom. The van der Waals surface area contributed by atoms with Crippen molar-refractivity contribution in [3.63, 3.8) is 0 Å². The summed E-state index contributed by atoms with van der Waals surface area (Å²) >= 11 is 0. The number of hydrogen-bond donors (Lipinski definition) is 1. The van der Waals surface area contributed by atoms with Gasteiger partial charge in [0.1, 0.15) is 5.75 Å². The highest BCUT2D eigenvalue weighted by atomic mass is 16.5. The first-order valence-corrected chi connectivity index (χ1v) is 9.97. The van der Waals surface area contributed by atoms with Crippen LogP contribution in [0.1, 0.15) is 37.7 Å². The fourth-order valence-electron chi connectivity index (χ4n) is 4.85. The van der Waals surface area contributed by atoms with Gasteiger partial charge in [0.2, 0.25) is 11.8 Å². The Balaban J connectivity index is 1.35. The topological polar surface area (TPSA) is 61.9 Å². The maximum atomic E-state index is 13.0. The van der Waals surface area contributed by atoms with Crippen LogP contribution in [0.4, 0.5) is 0 Å². The van der Waals surface area contributed by atoms with Gasteiger partial charge in [-0.1, -0.05) is 12.1 Å². The summed E-state index contributed by atoms with van der Waals surface area (Å²) in [7, 11) is 3.56. The fourth-order valence-corrected chi connectivity index (χ4v) is 4.85. The van der Waals surface area contributed by atoms with Crippen LogP contribution in [0.25, 0.3) is 0 Å². The van der Waals surface area contributed by atoms with Crippen molar-refractivity contribution in [1.82, 2.24) is 15.1 Å². The SMILES string of the molecule is COc1ccc(CN2CC(C(=O)N(C)C3CC4CCC(C3)N4)CC2=O)cc1. The molecule has 0 saturated carbocycles. The van der Waals surface area contributed by atoms with Crippen molar-refractivity contribution in [2.45, 2.75) is 56.8 Å². The molecule has 3 unspecified atom stereocenters. The first-order valence-electron chi connectivity index (χ1n) is 9.97. The number of hydrogen-bond acceptors (Lipinski definition) is 4. The molecule has 2 amide bonds. The second-order valence-corrected chi connectivity index (χ2v) is 8.24. The van der Waals surface area contributed by atoms with E-state index in [1.807, 2.05) is 41.1 Å². The zero-order chi connectivity index (χ0) is 19.0. The predicted octanol–water partition coefficient (Wildman–Crippen LogP) is 1.79. The van der Waals surface area contributed by atoms with E-state index in [1.54, 1.807) is 7.11 Å². The molecule has 3 aliphatic heterocycles. The molecule has 4 rings (SSSR count). The summed E-state index contributed by atoms with van der Waals surface area (Å²) in [6.07, 6.45) is 4.85. The number of ether oxygens (including phenoxy) is 1. The summed E-state index contributed by atoms with van der Waals surface area (Å²) in [5.74, 6) is 0.792. The van der Waals surface area contributed by atoms with Gasteiger partial charge in [0.25, 0.3) is 0 Å². The van der Waals surface area contributed by atoms with E-state index in [2.05, 4.69) is 5.32 Å². The average Bonchev–Trinajstić information content (AvgIpc) is 3.22. The molecular formula is C21H29N3O3. The van der Waals surface area contributed by atoms with Crippen molar-refractivity contribution >= 4 is 11.8 Å². The van der Waals surface area contributed by atoms with Gasteiger partial charge in [0.05, 0.1) is 13.0 Å². The molecule has 1 N–H and O–H groups in total. The monoisotopic (exact) mass is 371 g/mol. The van der Waals surface area contributed by atoms with Gasteiger partial charge in [-0.2, -0.15) is 0 Å². The molecule has 3 saturated heterocycles. The average molecular weight is 371 g/mol. The summed E-state index contributed by atoms with van der Waals surface area (Å²) in [5.41, 5.74) is 1.06. The van der Waals surface area contributed by atoms with Gasteiger partial charge in [-0.15, -0.1) is 0 Å². The summed E-state index contributed by atoms with van der Waals surface area (Å²) in [4.78, 5) is 29.2. The molecule has 1 aromatic carbocycles. The molecule has 0 aliphatic carbocycles. The third-order valence-electron chi connectivity index (χ3n) is 6.44. The van der Waals surface area contributed by atoms with Crippen LogP contribution in [0.5, 0.6) is 5.75 Å². The Labute approximate surface area is 160 Å². The third-order valence-corrected chi connectivity index (χ3v) is 6.44. The fraction of sp³-hybridized carbons (Fsp3) is 0.619. The number of methoxy groups -OCH3 is 1. The number of likely N-dealkylation sites (tertiary alicyclic amines) is 1. The standard InChI is InChI=1S/C21H29N3O3/c1-23(18-10-16-5-6-17(11-18)22-16)21(26)15-9-20(25)24(13-15)12-14-3-7-19(27-2)8-4-14/h3-4,7-8,15-18,22H,5-6,9-13H2,1-2H3. The number of benzene rings is 1. The Kier molecular flexibility index (Phi) is 5.08. The maximum Gasteiger partial charge on any atom is 0.227 e. The molecule has 1 aromatic rings. The van der Waals surface area contributed by atoms with Gasteiger partial charge in [0, 0.05) is 44.7 Å². The molecule has 27 heavy (non-hydrogen) atoms. The normalized spacial score (nSPS) is 29.9. The quantitative estimate of drug-likeness (QED) is 0.857. The Morgan fingerprint density at radius 1 is 1.22 bits per heavy atom. The molecule has 3 aliphatic rings. The Hall–Kier alpha value is -2.08. The van der Waals surface area contributed by atoms with E-state index >= 15 is 0 Å². The second kappa shape index (κ2) is 7.50. The highest BCUT2D eigenvalue weighted by Gasteiger charge is 2.40. The minimum absolute atomic E-state index is 0.0722. The van der Waals surface area contributed by atoms with E-state index < -0.39 is 0 Å². The van der Waals surface area contributed by atoms with Crippen molar-refractivity contribution in [3.05, 3.63) is 29.8 Å². The predicted molar refractivity (Wildman–Crippen MR) is 102 cm³/mol. The van der Waals surface area contributed by atoms with Crippen LogP contribution in [0.15, 0.2) is 24.3 Å². The lowest BCUT2D eigenvalue weighted by atomic mass is 9.97. The van der Waals surface area contributed by atoms with Crippen molar-refractivity contribution in [2.75, 3.05) is 20.7 Å². The molecule has 3 heterocycles. The molecule has 146 valence electrons. The van der Waals surface area contributed by atoms with E-state index in [-0.39, 0.29) is 17.7 Å². The lowest BCUT2D eigenvalue weighted by molar-refractivity contribution is -0.137. The van der Waals surface area contributed by atoms with E-state index in [0.29, 0.717) is 37.6 Å². The van der Waals surface area contributed by atoms with Crippen LogP contribution in [-0.2, 0) is 16.1 Å². The number of amides is 2. The minimum Gasteiger partial charge on any atom is -0.497 e. The van der Waals surface area contributed by atoms with Crippen LogP contribution in [-0.4, -0.2) is 60.4 Å². The number of carbonyl (C=O) groups excluding carboxylic acids is 2. The smallest absolute Gasteiger partial charge is 0.227 e. The van der Waals surface area contributed by atoms with Crippen molar-refractivity contribution in [2.24, 2.45) is 5.92 Å². The van der Waals surface area contributed by atoms with E-state index in [0.717, 1.165) is 24.2 Å². The molecule has 2 bridgehead atoms. The van der Waals surface area contributed by atoms with Gasteiger partial charge in [-0.3, -0.25) is 9.59 Å². The number of piperidine rings is 1. The number of nitrogens with one attached hydrogen (secondary N) is 1. The molecule has 0 aromatic heterocycles. The van der Waals surface area contributed by atoms with Crippen LogP contribution in [0.2, 0.25) is 0 Å². The number of nitrogens with zero attached hydrogens (tertiary/aromatic N) is 2. The summed E-state index contributed by atoms with van der Waals surface area (Å²) in [6, 6.07) is 9.16. The zero-order valence-electron chi connectivity index (χ0n) is 16.2. The summed E-state index contributed by atoms with van der Waals surface area (Å²) in [6.45, 7) is 1.07. The van der Waals surface area contributed by atoms with Crippen LogP contribution < -0.4 is 10.1 Å². The van der Waals surface area contributed by atoms with Gasteiger partial charge in [-0.05, 0) is 43.4 Å². The number of fused-ring (bicyclic) bond motifs is 2. The molecule has 0 radical (unpaired) electrons. The maximum absolute atomic E-state index is 13.0. The summed E-state index contributed by atoms with van der Waals surface area (Å²) in [5, 5.41) is 3.62.